The van der Waals surface area contributed by atoms with E-state index in [1.54, 1.807) is 0 Å². The lowest BCUT2D eigenvalue weighted by molar-refractivity contribution is 0.584. The van der Waals surface area contributed by atoms with Crippen LogP contribution >= 0.6 is 0 Å². The largest absolute Gasteiger partial charge is 0.416 e. The second-order valence-electron chi connectivity index (χ2n) is 14.6. The van der Waals surface area contributed by atoms with Crippen molar-refractivity contribution >= 4 is 11.0 Å². The van der Waals surface area contributed by atoms with E-state index >= 15 is 0 Å². The third-order valence-electron chi connectivity index (χ3n) is 11.4. The summed E-state index contributed by atoms with van der Waals surface area (Å²) in [5.74, 6) is 0.993. The van der Waals surface area contributed by atoms with Crippen molar-refractivity contribution in [3.63, 3.8) is 0 Å². The molecule has 0 unspecified atom stereocenters. The molecule has 0 amide bonds. The Morgan fingerprint density at radius 2 is 0.724 bits per heavy atom. The lowest BCUT2D eigenvalue weighted by Crippen LogP contribution is -2.28. The van der Waals surface area contributed by atoms with Crippen molar-refractivity contribution in [1.29, 1.82) is 0 Å². The first-order valence-corrected chi connectivity index (χ1v) is 19.5. The number of aromatic nitrogens is 4. The average Bonchev–Trinajstić information content (AvgIpc) is 3.92. The first-order chi connectivity index (χ1) is 28.7. The summed E-state index contributed by atoms with van der Waals surface area (Å²) in [5.41, 5.74) is 16.1. The van der Waals surface area contributed by atoms with E-state index in [1.807, 2.05) is 60.7 Å². The number of nitrogens with zero attached hydrogens (tertiary/aromatic N) is 4. The van der Waals surface area contributed by atoms with Crippen LogP contribution in [-0.4, -0.2) is 20.2 Å². The molecule has 0 N–H and O–H groups in total. The molecule has 1 aliphatic carbocycles. The van der Waals surface area contributed by atoms with Gasteiger partial charge in [-0.2, -0.15) is 0 Å². The normalized spacial score (nSPS) is 12.6. The van der Waals surface area contributed by atoms with Gasteiger partial charge in [-0.3, -0.25) is 0 Å². The molecule has 2 heterocycles. The Bertz CT molecular complexity index is 3050. The van der Waals surface area contributed by atoms with E-state index in [0.29, 0.717) is 11.8 Å². The minimum absolute atomic E-state index is 0.490. The van der Waals surface area contributed by atoms with Gasteiger partial charge < -0.3 is 4.42 Å². The molecular formula is C53H34N4O. The fraction of sp³-hybridized carbons (Fsp3) is 0.0189. The molecule has 0 saturated heterocycles. The van der Waals surface area contributed by atoms with Gasteiger partial charge in [0.2, 0.25) is 11.8 Å². The van der Waals surface area contributed by atoms with E-state index in [9.17, 15) is 0 Å². The van der Waals surface area contributed by atoms with E-state index < -0.39 is 5.41 Å². The smallest absolute Gasteiger partial charge is 0.248 e. The molecule has 272 valence electrons. The Hall–Kier alpha value is -7.76. The zero-order valence-electron chi connectivity index (χ0n) is 31.3. The van der Waals surface area contributed by atoms with Gasteiger partial charge in [-0.05, 0) is 93.0 Å². The molecule has 58 heavy (non-hydrogen) atoms. The summed E-state index contributed by atoms with van der Waals surface area (Å²) in [6.07, 6.45) is 0. The van der Waals surface area contributed by atoms with Crippen LogP contribution in [0.5, 0.6) is 0 Å². The highest BCUT2D eigenvalue weighted by molar-refractivity contribution is 5.92. The highest BCUT2D eigenvalue weighted by atomic mass is 16.4. The highest BCUT2D eigenvalue weighted by Gasteiger charge is 2.46. The van der Waals surface area contributed by atoms with Crippen molar-refractivity contribution in [1.82, 2.24) is 20.2 Å². The van der Waals surface area contributed by atoms with Crippen LogP contribution in [-0.2, 0) is 5.41 Å². The number of hydrogen-bond acceptors (Lipinski definition) is 5. The van der Waals surface area contributed by atoms with Crippen molar-refractivity contribution < 1.29 is 4.42 Å². The molecule has 1 aliphatic rings. The number of para-hydroxylation sites is 2. The number of hydrogen-bond donors (Lipinski definition) is 0. The topological polar surface area (TPSA) is 64.7 Å². The number of rotatable bonds is 7. The fourth-order valence-electron chi connectivity index (χ4n) is 8.66. The minimum Gasteiger partial charge on any atom is -0.416 e. The van der Waals surface area contributed by atoms with E-state index in [0.717, 1.165) is 55.8 Å². The van der Waals surface area contributed by atoms with Gasteiger partial charge >= 0.3 is 0 Å². The molecule has 2 aromatic heterocycles. The van der Waals surface area contributed by atoms with E-state index in [-0.39, 0.29) is 0 Å². The standard InChI is InChI=1S/C53H34N4O/c1-5-15-36(16-6-1)49-50(55-48-24-14-13-23-47(48)54-49)40-30-32-44-43-31-29-39(35-25-27-38(28-26-35)52-57-56-51(58-52)37-17-7-2-8-18-37)33-45(43)53(46(44)34-40,41-19-9-3-10-20-41)42-21-11-4-12-22-42/h1-34H. The lowest BCUT2D eigenvalue weighted by atomic mass is 9.67. The summed E-state index contributed by atoms with van der Waals surface area (Å²) in [7, 11) is 0. The maximum absolute atomic E-state index is 6.09. The van der Waals surface area contributed by atoms with Crippen molar-refractivity contribution in [2.75, 3.05) is 0 Å². The van der Waals surface area contributed by atoms with Crippen LogP contribution in [0.25, 0.3) is 78.7 Å². The van der Waals surface area contributed by atoms with Crippen molar-refractivity contribution in [3.05, 3.63) is 229 Å². The second-order valence-corrected chi connectivity index (χ2v) is 14.6. The molecule has 0 atom stereocenters. The Morgan fingerprint density at radius 1 is 0.328 bits per heavy atom. The first-order valence-electron chi connectivity index (χ1n) is 19.5. The first kappa shape index (κ1) is 33.6. The molecule has 10 aromatic rings. The van der Waals surface area contributed by atoms with Crippen LogP contribution in [0, 0.1) is 0 Å². The molecule has 0 fully saturated rings. The predicted molar refractivity (Wildman–Crippen MR) is 232 cm³/mol. The average molecular weight is 743 g/mol. The molecule has 0 radical (unpaired) electrons. The zero-order chi connectivity index (χ0) is 38.5. The Labute approximate surface area is 336 Å². The van der Waals surface area contributed by atoms with E-state index in [4.69, 9.17) is 14.4 Å². The summed E-state index contributed by atoms with van der Waals surface area (Å²) in [6, 6.07) is 72.3. The van der Waals surface area contributed by atoms with Crippen LogP contribution in [0.3, 0.4) is 0 Å². The van der Waals surface area contributed by atoms with Gasteiger partial charge in [0.25, 0.3) is 0 Å². The SMILES string of the molecule is c1ccc(-c2nnc(-c3ccc(-c4ccc5c(c4)C(c4ccccc4)(c4ccccc4)c4cc(-c6nc7ccccc7nc6-c6ccccc6)ccc4-5)cc3)o2)cc1. The fourth-order valence-corrected chi connectivity index (χ4v) is 8.66. The van der Waals surface area contributed by atoms with Gasteiger partial charge in [0.05, 0.1) is 27.8 Å². The molecule has 0 bridgehead atoms. The van der Waals surface area contributed by atoms with Crippen molar-refractivity contribution in [2.45, 2.75) is 5.41 Å². The van der Waals surface area contributed by atoms with Crippen LogP contribution in [0.4, 0.5) is 0 Å². The summed E-state index contributed by atoms with van der Waals surface area (Å²) < 4.78 is 6.09. The Kier molecular flexibility index (Phi) is 7.97. The van der Waals surface area contributed by atoms with Gasteiger partial charge in [0.15, 0.2) is 0 Å². The summed E-state index contributed by atoms with van der Waals surface area (Å²) in [6.45, 7) is 0. The molecule has 5 nitrogen and oxygen atoms in total. The molecule has 5 heteroatoms. The van der Waals surface area contributed by atoms with Crippen LogP contribution < -0.4 is 0 Å². The van der Waals surface area contributed by atoms with Gasteiger partial charge in [0, 0.05) is 22.3 Å². The van der Waals surface area contributed by atoms with E-state index in [2.05, 4.69) is 156 Å². The van der Waals surface area contributed by atoms with Crippen LogP contribution in [0.15, 0.2) is 211 Å². The van der Waals surface area contributed by atoms with Gasteiger partial charge in [-0.15, -0.1) is 10.2 Å². The molecule has 0 aliphatic heterocycles. The maximum Gasteiger partial charge on any atom is 0.248 e. The highest BCUT2D eigenvalue weighted by Crippen LogP contribution is 2.57. The summed E-state index contributed by atoms with van der Waals surface area (Å²) in [4.78, 5) is 10.5. The molecule has 0 spiro atoms. The summed E-state index contributed by atoms with van der Waals surface area (Å²) in [5, 5.41) is 8.67. The van der Waals surface area contributed by atoms with Crippen LogP contribution in [0.1, 0.15) is 22.3 Å². The number of benzene rings is 8. The number of fused-ring (bicyclic) bond motifs is 4. The minimum atomic E-state index is -0.617. The Morgan fingerprint density at radius 3 is 1.28 bits per heavy atom. The molecule has 11 rings (SSSR count). The molecule has 0 saturated carbocycles. The molecular weight excluding hydrogens is 709 g/mol. The third-order valence-corrected chi connectivity index (χ3v) is 11.4. The van der Waals surface area contributed by atoms with Crippen molar-refractivity contribution in [2.24, 2.45) is 0 Å². The van der Waals surface area contributed by atoms with Gasteiger partial charge in [-0.1, -0.05) is 158 Å². The van der Waals surface area contributed by atoms with Crippen molar-refractivity contribution in [3.8, 4) is 67.7 Å². The van der Waals surface area contributed by atoms with Gasteiger partial charge in [0.1, 0.15) is 0 Å². The lowest BCUT2D eigenvalue weighted by Gasteiger charge is -2.34. The van der Waals surface area contributed by atoms with E-state index in [1.165, 1.54) is 33.4 Å². The monoisotopic (exact) mass is 742 g/mol. The third kappa shape index (κ3) is 5.47. The van der Waals surface area contributed by atoms with Gasteiger partial charge in [-0.25, -0.2) is 9.97 Å². The maximum atomic E-state index is 6.09. The Balaban J connectivity index is 1.09. The molecule has 8 aromatic carbocycles. The zero-order valence-corrected chi connectivity index (χ0v) is 31.3. The second kappa shape index (κ2) is 13.8. The quantitative estimate of drug-likeness (QED) is 0.163. The predicted octanol–water partition coefficient (Wildman–Crippen LogP) is 12.7. The van der Waals surface area contributed by atoms with Crippen LogP contribution in [0.2, 0.25) is 0 Å². The summed E-state index contributed by atoms with van der Waals surface area (Å²) >= 11 is 0.